The second kappa shape index (κ2) is 19.8. The first-order chi connectivity index (χ1) is 25.1. The van der Waals surface area contributed by atoms with Gasteiger partial charge in [-0.2, -0.15) is 0 Å². The minimum atomic E-state index is -0.232. The number of methoxy groups -OCH3 is 10. The Morgan fingerprint density at radius 1 is 0.385 bits per heavy atom. The molecule has 12 heteroatoms. The molecule has 0 bridgehead atoms. The van der Waals surface area contributed by atoms with E-state index in [4.69, 9.17) is 47.4 Å². The summed E-state index contributed by atoms with van der Waals surface area (Å²) < 4.78 is 52.7. The lowest BCUT2D eigenvalue weighted by Gasteiger charge is -2.14. The molecule has 0 saturated carbocycles. The summed E-state index contributed by atoms with van der Waals surface area (Å²) in [6, 6.07) is 17.3. The van der Waals surface area contributed by atoms with Crippen LogP contribution in [0.15, 0.2) is 72.8 Å². The van der Waals surface area contributed by atoms with Crippen molar-refractivity contribution < 1.29 is 57.0 Å². The summed E-state index contributed by atoms with van der Waals surface area (Å²) in [6.07, 6.45) is 6.28. The average molecular weight is 717 g/mol. The molecule has 0 amide bonds. The number of carbonyl (C=O) groups is 2. The van der Waals surface area contributed by atoms with E-state index in [0.29, 0.717) is 68.6 Å². The molecule has 0 aliphatic heterocycles. The van der Waals surface area contributed by atoms with Gasteiger partial charge in [0.25, 0.3) is 0 Å². The van der Waals surface area contributed by atoms with Crippen LogP contribution in [0.4, 0.5) is 0 Å². The molecule has 0 atom stereocenters. The summed E-state index contributed by atoms with van der Waals surface area (Å²) in [7, 11) is 15.3. The molecule has 0 spiro atoms. The van der Waals surface area contributed by atoms with Crippen LogP contribution in [-0.4, -0.2) is 82.7 Å². The molecular formula is C40H44O12. The smallest absolute Gasteiger partial charge is 0.204 e. The van der Waals surface area contributed by atoms with Gasteiger partial charge >= 0.3 is 0 Å². The van der Waals surface area contributed by atoms with Crippen LogP contribution in [0.3, 0.4) is 0 Å². The Labute approximate surface area is 304 Å². The predicted molar refractivity (Wildman–Crippen MR) is 198 cm³/mol. The van der Waals surface area contributed by atoms with Gasteiger partial charge in [-0.05, 0) is 71.8 Å². The minimum Gasteiger partial charge on any atom is -0.497 e. The van der Waals surface area contributed by atoms with Crippen LogP contribution in [0.5, 0.6) is 57.5 Å². The molecule has 0 aliphatic rings. The monoisotopic (exact) mass is 716 g/mol. The van der Waals surface area contributed by atoms with Gasteiger partial charge in [0.05, 0.1) is 82.2 Å². The molecule has 0 aromatic heterocycles. The fourth-order valence-corrected chi connectivity index (χ4v) is 4.97. The van der Waals surface area contributed by atoms with Crippen molar-refractivity contribution in [3.05, 3.63) is 95.1 Å². The van der Waals surface area contributed by atoms with Gasteiger partial charge in [0, 0.05) is 12.1 Å². The molecule has 52 heavy (non-hydrogen) atoms. The number of hydrogen-bond donors (Lipinski definition) is 0. The van der Waals surface area contributed by atoms with Gasteiger partial charge in [-0.15, -0.1) is 0 Å². The lowest BCUT2D eigenvalue weighted by atomic mass is 10.1. The number of ether oxygens (including phenoxy) is 10. The molecule has 0 aliphatic carbocycles. The molecule has 12 nitrogen and oxygen atoms in total. The molecule has 0 unspecified atom stereocenters. The van der Waals surface area contributed by atoms with Crippen LogP contribution >= 0.6 is 0 Å². The molecule has 276 valence electrons. The molecule has 0 saturated heterocycles. The lowest BCUT2D eigenvalue weighted by molar-refractivity contribution is 0.103. The molecule has 0 heterocycles. The van der Waals surface area contributed by atoms with E-state index in [1.54, 1.807) is 101 Å². The zero-order chi connectivity index (χ0) is 38.2. The van der Waals surface area contributed by atoms with Crippen molar-refractivity contribution in [1.29, 1.82) is 0 Å². The van der Waals surface area contributed by atoms with Gasteiger partial charge in [-0.3, -0.25) is 9.59 Å². The van der Waals surface area contributed by atoms with E-state index in [1.807, 2.05) is 0 Å². The van der Waals surface area contributed by atoms with E-state index in [-0.39, 0.29) is 11.6 Å². The number of benzene rings is 4. The number of ketones is 2. The van der Waals surface area contributed by atoms with Crippen LogP contribution in [0.2, 0.25) is 0 Å². The standard InChI is InChI=1S/2C20H22O6/c2*1-22-14-10-13(11-15(12-14)23-2)6-8-17(21)16-7-9-18(24-3)20(26-5)19(16)25-4/h2*6-12H,1-5H3/b2*8-6+. The third-order valence-electron chi connectivity index (χ3n) is 7.54. The van der Waals surface area contributed by atoms with Crippen molar-refractivity contribution in [2.45, 2.75) is 0 Å². The van der Waals surface area contributed by atoms with Crippen LogP contribution < -0.4 is 47.4 Å². The number of hydrogen-bond acceptors (Lipinski definition) is 12. The molecule has 4 aromatic rings. The van der Waals surface area contributed by atoms with Crippen LogP contribution in [0.1, 0.15) is 31.8 Å². The summed E-state index contributed by atoms with van der Waals surface area (Å²) in [5, 5.41) is 0. The van der Waals surface area contributed by atoms with E-state index in [9.17, 15) is 9.59 Å². The Morgan fingerprint density at radius 2 is 0.692 bits per heavy atom. The van der Waals surface area contributed by atoms with Gasteiger partial charge in [0.1, 0.15) is 23.0 Å². The molecule has 0 N–H and O–H groups in total. The number of allylic oxidation sites excluding steroid dienone is 2. The van der Waals surface area contributed by atoms with E-state index in [2.05, 4.69) is 0 Å². The van der Waals surface area contributed by atoms with Gasteiger partial charge < -0.3 is 47.4 Å². The summed E-state index contributed by atoms with van der Waals surface area (Å²) in [4.78, 5) is 25.3. The Morgan fingerprint density at radius 3 is 0.942 bits per heavy atom. The van der Waals surface area contributed by atoms with Gasteiger partial charge in [-0.1, -0.05) is 12.2 Å². The maximum Gasteiger partial charge on any atom is 0.204 e. The van der Waals surface area contributed by atoms with Crippen molar-refractivity contribution in [3.8, 4) is 57.5 Å². The highest BCUT2D eigenvalue weighted by Gasteiger charge is 2.20. The highest BCUT2D eigenvalue weighted by Crippen LogP contribution is 2.41. The Kier molecular flexibility index (Phi) is 15.3. The van der Waals surface area contributed by atoms with Crippen molar-refractivity contribution >= 4 is 23.7 Å². The summed E-state index contributed by atoms with van der Waals surface area (Å²) in [5.41, 5.74) is 2.29. The normalized spacial score (nSPS) is 10.5. The second-order valence-electron chi connectivity index (χ2n) is 10.5. The molecule has 0 fully saturated rings. The first-order valence-electron chi connectivity index (χ1n) is 15.6. The summed E-state index contributed by atoms with van der Waals surface area (Å²) >= 11 is 0. The van der Waals surface area contributed by atoms with Gasteiger partial charge in [0.15, 0.2) is 34.6 Å². The van der Waals surface area contributed by atoms with Crippen LogP contribution in [0, 0.1) is 0 Å². The highest BCUT2D eigenvalue weighted by molar-refractivity contribution is 6.10. The van der Waals surface area contributed by atoms with E-state index >= 15 is 0 Å². The second-order valence-corrected chi connectivity index (χ2v) is 10.5. The van der Waals surface area contributed by atoms with Crippen molar-refractivity contribution in [1.82, 2.24) is 0 Å². The van der Waals surface area contributed by atoms with E-state index < -0.39 is 0 Å². The zero-order valence-electron chi connectivity index (χ0n) is 31.0. The number of carbonyl (C=O) groups excluding carboxylic acids is 2. The SMILES string of the molecule is COc1cc(/C=C/C(=O)c2ccc(OC)c(OC)c2OC)cc(OC)c1.COc1cc(/C=C/C(=O)c2ccc(OC)c(OC)c2OC)cc(OC)c1. The third kappa shape index (κ3) is 9.90. The molecular weight excluding hydrogens is 672 g/mol. The zero-order valence-corrected chi connectivity index (χ0v) is 31.0. The quantitative estimate of drug-likeness (QED) is 0.0856. The topological polar surface area (TPSA) is 126 Å². The van der Waals surface area contributed by atoms with Crippen LogP contribution in [0.25, 0.3) is 12.2 Å². The maximum absolute atomic E-state index is 12.6. The first-order valence-corrected chi connectivity index (χ1v) is 15.6. The highest BCUT2D eigenvalue weighted by atomic mass is 16.5. The maximum atomic E-state index is 12.6. The fourth-order valence-electron chi connectivity index (χ4n) is 4.97. The third-order valence-corrected chi connectivity index (χ3v) is 7.54. The Hall–Kier alpha value is -6.30. The minimum absolute atomic E-state index is 0.232. The van der Waals surface area contributed by atoms with Crippen LogP contribution in [-0.2, 0) is 0 Å². The summed E-state index contributed by atoms with van der Waals surface area (Å²) in [6.45, 7) is 0. The Bertz CT molecular complexity index is 1710. The van der Waals surface area contributed by atoms with Crippen molar-refractivity contribution in [2.75, 3.05) is 71.1 Å². The van der Waals surface area contributed by atoms with Gasteiger partial charge in [0.2, 0.25) is 11.5 Å². The van der Waals surface area contributed by atoms with E-state index in [0.717, 1.165) is 11.1 Å². The molecule has 0 radical (unpaired) electrons. The Balaban J connectivity index is 0.000000280. The van der Waals surface area contributed by atoms with Crippen molar-refractivity contribution in [2.24, 2.45) is 0 Å². The number of rotatable bonds is 16. The first kappa shape index (κ1) is 40.1. The predicted octanol–water partition coefficient (Wildman–Crippen LogP) is 7.25. The molecule has 4 aromatic carbocycles. The summed E-state index contributed by atoms with van der Waals surface area (Å²) in [5.74, 6) is 4.46. The van der Waals surface area contributed by atoms with E-state index in [1.165, 1.54) is 54.8 Å². The molecule has 4 rings (SSSR count). The largest absolute Gasteiger partial charge is 0.497 e. The lowest BCUT2D eigenvalue weighted by Crippen LogP contribution is -2.02. The fraction of sp³-hybridized carbons (Fsp3) is 0.250. The van der Waals surface area contributed by atoms with Gasteiger partial charge in [-0.25, -0.2) is 0 Å². The van der Waals surface area contributed by atoms with Crippen molar-refractivity contribution in [3.63, 3.8) is 0 Å². The average Bonchev–Trinajstić information content (AvgIpc) is 3.20.